The van der Waals surface area contributed by atoms with Crippen molar-refractivity contribution in [3.05, 3.63) is 39.0 Å². The summed E-state index contributed by atoms with van der Waals surface area (Å²) in [7, 11) is 1.63. The Bertz CT molecular complexity index is 1440. The Balaban J connectivity index is 1.42. The third-order valence-corrected chi connectivity index (χ3v) is 9.54. The molecule has 12 heteroatoms. The molecule has 0 aliphatic heterocycles. The Morgan fingerprint density at radius 3 is 2.75 bits per heavy atom. The number of benzene rings is 1. The second kappa shape index (κ2) is 14.3. The monoisotopic (exact) mass is 605 g/mol. The van der Waals surface area contributed by atoms with Crippen molar-refractivity contribution in [3.63, 3.8) is 0 Å². The molecule has 2 amide bonds. The van der Waals surface area contributed by atoms with E-state index in [-0.39, 0.29) is 29.9 Å². The van der Waals surface area contributed by atoms with Gasteiger partial charge in [0.1, 0.15) is 10.8 Å². The van der Waals surface area contributed by atoms with E-state index in [9.17, 15) is 14.4 Å². The molecule has 1 atom stereocenters. The van der Waals surface area contributed by atoms with Crippen LogP contribution in [0.3, 0.4) is 0 Å². The number of thioether (sulfide) groups is 1. The Morgan fingerprint density at radius 2 is 2.00 bits per heavy atom. The Hall–Kier alpha value is -2.67. The average molecular weight is 606 g/mol. The van der Waals surface area contributed by atoms with Gasteiger partial charge >= 0.3 is 5.97 Å². The van der Waals surface area contributed by atoms with Gasteiger partial charge in [0, 0.05) is 18.5 Å². The molecule has 0 bridgehead atoms. The molecule has 4 rings (SSSR count). The lowest BCUT2D eigenvalue weighted by Gasteiger charge is -2.18. The van der Waals surface area contributed by atoms with Gasteiger partial charge in [0.15, 0.2) is 4.80 Å². The highest BCUT2D eigenvalue weighted by molar-refractivity contribution is 8.00. The summed E-state index contributed by atoms with van der Waals surface area (Å²) in [4.78, 5) is 44.3. The molecule has 0 spiro atoms. The highest BCUT2D eigenvalue weighted by Gasteiger charge is 2.29. The smallest absolute Gasteiger partial charge is 0.341 e. The van der Waals surface area contributed by atoms with Crippen molar-refractivity contribution in [1.82, 2.24) is 4.57 Å². The number of aromatic nitrogens is 1. The zero-order chi connectivity index (χ0) is 28.6. The Labute approximate surface area is 245 Å². The van der Waals surface area contributed by atoms with Crippen molar-refractivity contribution in [2.75, 3.05) is 43.8 Å². The number of hydrogen-bond acceptors (Lipinski definition) is 9. The fourth-order valence-electron chi connectivity index (χ4n) is 4.58. The normalized spacial score (nSPS) is 15.2. The molecule has 3 aromatic rings. The van der Waals surface area contributed by atoms with Gasteiger partial charge in [-0.1, -0.05) is 18.3 Å². The van der Waals surface area contributed by atoms with Gasteiger partial charge in [-0.15, -0.1) is 23.1 Å². The van der Waals surface area contributed by atoms with Crippen LogP contribution in [-0.4, -0.2) is 60.8 Å². The van der Waals surface area contributed by atoms with Crippen LogP contribution in [0.2, 0.25) is 0 Å². The lowest BCUT2D eigenvalue weighted by molar-refractivity contribution is -0.115. The number of rotatable bonds is 12. The first-order chi connectivity index (χ1) is 19.3. The number of carbonyl (C=O) groups is 3. The summed E-state index contributed by atoms with van der Waals surface area (Å²) in [6.07, 6.45) is 2.70. The zero-order valence-electron chi connectivity index (χ0n) is 23.2. The SMILES string of the molecule is CCOC(=O)c1c(NC(=O)CSCC(=O)N=c2sc3cc(OCC)ccc3n2CCOC)sc2c1CCC(C)C2. The van der Waals surface area contributed by atoms with E-state index in [0.717, 1.165) is 45.7 Å². The lowest BCUT2D eigenvalue weighted by Crippen LogP contribution is -2.20. The number of carbonyl (C=O) groups excluding carboxylic acids is 3. The van der Waals surface area contributed by atoms with Crippen LogP contribution in [0.4, 0.5) is 5.00 Å². The van der Waals surface area contributed by atoms with Gasteiger partial charge < -0.3 is 24.1 Å². The number of anilines is 1. The van der Waals surface area contributed by atoms with Crippen LogP contribution in [0, 0.1) is 5.92 Å². The van der Waals surface area contributed by atoms with Gasteiger partial charge in [0.25, 0.3) is 5.91 Å². The lowest BCUT2D eigenvalue weighted by atomic mass is 9.88. The van der Waals surface area contributed by atoms with E-state index >= 15 is 0 Å². The number of nitrogens with zero attached hydrogens (tertiary/aromatic N) is 2. The molecule has 1 N–H and O–H groups in total. The van der Waals surface area contributed by atoms with Crippen LogP contribution in [0.15, 0.2) is 23.2 Å². The number of esters is 1. The molecule has 1 aliphatic rings. The predicted octanol–water partition coefficient (Wildman–Crippen LogP) is 4.91. The number of thiophene rings is 1. The molecular weight excluding hydrogens is 571 g/mol. The van der Waals surface area contributed by atoms with Gasteiger partial charge in [-0.05, 0) is 62.8 Å². The first-order valence-corrected chi connectivity index (χ1v) is 16.1. The summed E-state index contributed by atoms with van der Waals surface area (Å²) in [5.41, 5.74) is 2.43. The molecule has 216 valence electrons. The fourth-order valence-corrected chi connectivity index (χ4v) is 7.70. The number of thiazole rings is 1. The van der Waals surface area contributed by atoms with Crippen LogP contribution in [0.5, 0.6) is 5.75 Å². The molecule has 2 heterocycles. The van der Waals surface area contributed by atoms with Gasteiger partial charge in [0.05, 0.1) is 47.1 Å². The topological polar surface area (TPSA) is 108 Å². The van der Waals surface area contributed by atoms with Crippen molar-refractivity contribution in [1.29, 1.82) is 0 Å². The predicted molar refractivity (Wildman–Crippen MR) is 161 cm³/mol. The van der Waals surface area contributed by atoms with E-state index in [2.05, 4.69) is 17.2 Å². The van der Waals surface area contributed by atoms with Gasteiger partial charge in [-0.3, -0.25) is 9.59 Å². The summed E-state index contributed by atoms with van der Waals surface area (Å²) in [6.45, 7) is 7.77. The molecule has 9 nitrogen and oxygen atoms in total. The van der Waals surface area contributed by atoms with Crippen LogP contribution in [0.1, 0.15) is 48.0 Å². The minimum absolute atomic E-state index is 0.0549. The van der Waals surface area contributed by atoms with E-state index in [1.807, 2.05) is 29.7 Å². The highest BCUT2D eigenvalue weighted by Crippen LogP contribution is 2.40. The Kier molecular flexibility index (Phi) is 10.8. The van der Waals surface area contributed by atoms with E-state index in [0.29, 0.717) is 41.0 Å². The molecule has 0 fully saturated rings. The first-order valence-electron chi connectivity index (χ1n) is 13.4. The molecule has 2 aromatic heterocycles. The van der Waals surface area contributed by atoms with Crippen LogP contribution in [0.25, 0.3) is 10.2 Å². The number of hydrogen-bond donors (Lipinski definition) is 1. The minimum Gasteiger partial charge on any atom is -0.494 e. The maximum Gasteiger partial charge on any atom is 0.341 e. The van der Waals surface area contributed by atoms with Gasteiger partial charge in [-0.2, -0.15) is 4.99 Å². The summed E-state index contributed by atoms with van der Waals surface area (Å²) in [5, 5.41) is 3.44. The quantitative estimate of drug-likeness (QED) is 0.292. The van der Waals surface area contributed by atoms with E-state index in [1.54, 1.807) is 14.0 Å². The van der Waals surface area contributed by atoms with Crippen LogP contribution < -0.4 is 14.9 Å². The van der Waals surface area contributed by atoms with Crippen molar-refractivity contribution in [3.8, 4) is 5.75 Å². The molecule has 1 unspecified atom stereocenters. The van der Waals surface area contributed by atoms with E-state index in [1.165, 1.54) is 34.4 Å². The van der Waals surface area contributed by atoms with Crippen LogP contribution >= 0.6 is 34.4 Å². The highest BCUT2D eigenvalue weighted by atomic mass is 32.2. The number of nitrogens with one attached hydrogen (secondary N) is 1. The zero-order valence-corrected chi connectivity index (χ0v) is 25.7. The molecule has 0 saturated heterocycles. The maximum atomic E-state index is 12.8. The molecule has 0 radical (unpaired) electrons. The van der Waals surface area contributed by atoms with Gasteiger partial charge in [0.2, 0.25) is 5.91 Å². The van der Waals surface area contributed by atoms with Crippen molar-refractivity contribution in [2.45, 2.75) is 46.6 Å². The third kappa shape index (κ3) is 7.34. The largest absolute Gasteiger partial charge is 0.494 e. The summed E-state index contributed by atoms with van der Waals surface area (Å²) >= 11 is 4.06. The maximum absolute atomic E-state index is 12.8. The standard InChI is InChI=1S/C28H35N3O6S3/c1-5-36-18-8-10-20-22(14-18)40-28(31(20)11-12-35-4)30-24(33)16-38-15-23(32)29-26-25(27(34)37-6-2)19-9-7-17(3)13-21(19)39-26/h8,10,14,17H,5-7,9,11-13,15-16H2,1-4H3,(H,29,32). The summed E-state index contributed by atoms with van der Waals surface area (Å²) in [5.74, 6) is 0.432. The number of ether oxygens (including phenoxy) is 3. The number of methoxy groups -OCH3 is 1. The van der Waals surface area contributed by atoms with Crippen molar-refractivity contribution >= 4 is 67.4 Å². The summed E-state index contributed by atoms with van der Waals surface area (Å²) in [6, 6.07) is 5.81. The third-order valence-electron chi connectivity index (χ3n) is 6.41. The van der Waals surface area contributed by atoms with Gasteiger partial charge in [-0.25, -0.2) is 4.79 Å². The minimum atomic E-state index is -0.398. The average Bonchev–Trinajstić information content (AvgIpc) is 3.43. The Morgan fingerprint density at radius 1 is 1.18 bits per heavy atom. The molecule has 1 aliphatic carbocycles. The molecule has 0 saturated carbocycles. The van der Waals surface area contributed by atoms with Crippen molar-refractivity contribution in [2.24, 2.45) is 10.9 Å². The second-order valence-corrected chi connectivity index (χ2v) is 12.5. The molecule has 40 heavy (non-hydrogen) atoms. The first kappa shape index (κ1) is 30.3. The van der Waals surface area contributed by atoms with E-state index < -0.39 is 5.97 Å². The molecular formula is C28H35N3O6S3. The fraction of sp³-hybridized carbons (Fsp3) is 0.500. The van der Waals surface area contributed by atoms with E-state index in [4.69, 9.17) is 14.2 Å². The summed E-state index contributed by atoms with van der Waals surface area (Å²) < 4.78 is 19.1. The van der Waals surface area contributed by atoms with Crippen molar-refractivity contribution < 1.29 is 28.6 Å². The second-order valence-electron chi connectivity index (χ2n) is 9.41. The molecule has 1 aromatic carbocycles. The number of amides is 2. The van der Waals surface area contributed by atoms with Crippen LogP contribution in [-0.2, 0) is 38.4 Å². The number of fused-ring (bicyclic) bond motifs is 2.